The fourth-order valence-corrected chi connectivity index (χ4v) is 2.48. The molecule has 0 radical (unpaired) electrons. The monoisotopic (exact) mass is 308 g/mol. The van der Waals surface area contributed by atoms with Gasteiger partial charge in [0.05, 0.1) is 0 Å². The summed E-state index contributed by atoms with van der Waals surface area (Å²) in [4.78, 5) is 12.3. The molecule has 0 aliphatic carbocycles. The van der Waals surface area contributed by atoms with Crippen LogP contribution >= 0.6 is 23.2 Å². The quantitative estimate of drug-likeness (QED) is 0.616. The van der Waals surface area contributed by atoms with Crippen LogP contribution in [-0.2, 0) is 0 Å². The Balaban J connectivity index is 2.07. The molecule has 0 N–H and O–H groups in total. The number of carbonyl (C=O) groups is 1. The van der Waals surface area contributed by atoms with Crippen molar-refractivity contribution in [2.45, 2.75) is 0 Å². The minimum atomic E-state index is -0.386. The van der Waals surface area contributed by atoms with Crippen LogP contribution in [0, 0.1) is 5.82 Å². The Labute approximate surface area is 123 Å². The zero-order valence-electron chi connectivity index (χ0n) is 9.99. The molecule has 100 valence electrons. The maximum atomic E-state index is 13.1. The lowest BCUT2D eigenvalue weighted by Gasteiger charge is -1.99. The summed E-state index contributed by atoms with van der Waals surface area (Å²) in [6, 6.07) is 10.1. The van der Waals surface area contributed by atoms with Gasteiger partial charge in [-0.1, -0.05) is 23.2 Å². The molecule has 3 aromatic rings. The number of rotatable bonds is 2. The lowest BCUT2D eigenvalue weighted by Crippen LogP contribution is -1.99. The van der Waals surface area contributed by atoms with Crippen molar-refractivity contribution < 1.29 is 13.6 Å². The second kappa shape index (κ2) is 4.93. The van der Waals surface area contributed by atoms with Gasteiger partial charge in [0.25, 0.3) is 0 Å². The van der Waals surface area contributed by atoms with E-state index in [2.05, 4.69) is 0 Å². The molecular formula is C15H7Cl2FO2. The number of fused-ring (bicyclic) bond motifs is 1. The van der Waals surface area contributed by atoms with Crippen molar-refractivity contribution in [1.29, 1.82) is 0 Å². The first-order chi connectivity index (χ1) is 9.52. The van der Waals surface area contributed by atoms with Crippen LogP contribution in [0.4, 0.5) is 4.39 Å². The SMILES string of the molecule is O=C(c1cc(Cl)cc(Cl)c1)c1cc2cc(F)ccc2o1. The summed E-state index contributed by atoms with van der Waals surface area (Å²) >= 11 is 11.7. The molecule has 0 aliphatic rings. The molecule has 0 amide bonds. The molecular weight excluding hydrogens is 302 g/mol. The van der Waals surface area contributed by atoms with Gasteiger partial charge in [0.15, 0.2) is 5.76 Å². The Morgan fingerprint density at radius 3 is 2.40 bits per heavy atom. The van der Waals surface area contributed by atoms with Crippen LogP contribution in [0.3, 0.4) is 0 Å². The molecule has 0 fully saturated rings. The summed E-state index contributed by atoms with van der Waals surface area (Å²) in [6.45, 7) is 0. The number of benzene rings is 2. The third-order valence-corrected chi connectivity index (χ3v) is 3.26. The van der Waals surface area contributed by atoms with E-state index in [9.17, 15) is 9.18 Å². The maximum Gasteiger partial charge on any atom is 0.228 e. The average molecular weight is 309 g/mol. The number of halogens is 3. The Morgan fingerprint density at radius 2 is 1.70 bits per heavy atom. The third-order valence-electron chi connectivity index (χ3n) is 2.83. The summed E-state index contributed by atoms with van der Waals surface area (Å²) in [5, 5.41) is 1.26. The summed E-state index contributed by atoms with van der Waals surface area (Å²) in [6.07, 6.45) is 0. The van der Waals surface area contributed by atoms with Gasteiger partial charge in [0, 0.05) is 21.0 Å². The van der Waals surface area contributed by atoms with Crippen LogP contribution in [0.25, 0.3) is 11.0 Å². The molecule has 0 saturated carbocycles. The topological polar surface area (TPSA) is 30.2 Å². The Bertz CT molecular complexity index is 804. The third kappa shape index (κ3) is 2.42. The Hall–Kier alpha value is -1.84. The van der Waals surface area contributed by atoms with Crippen molar-refractivity contribution in [3.05, 3.63) is 69.7 Å². The zero-order chi connectivity index (χ0) is 14.3. The molecule has 0 saturated heterocycles. The highest BCUT2D eigenvalue weighted by Gasteiger charge is 2.16. The van der Waals surface area contributed by atoms with E-state index in [1.54, 1.807) is 0 Å². The van der Waals surface area contributed by atoms with Crippen molar-refractivity contribution >= 4 is 40.0 Å². The second-order valence-electron chi connectivity index (χ2n) is 4.28. The molecule has 2 aromatic carbocycles. The van der Waals surface area contributed by atoms with E-state index in [1.165, 1.54) is 42.5 Å². The van der Waals surface area contributed by atoms with Crippen molar-refractivity contribution in [3.8, 4) is 0 Å². The average Bonchev–Trinajstić information content (AvgIpc) is 2.79. The molecule has 5 heteroatoms. The van der Waals surface area contributed by atoms with Gasteiger partial charge >= 0.3 is 0 Å². The van der Waals surface area contributed by atoms with Crippen molar-refractivity contribution in [2.24, 2.45) is 0 Å². The highest BCUT2D eigenvalue weighted by molar-refractivity contribution is 6.35. The highest BCUT2D eigenvalue weighted by atomic mass is 35.5. The lowest BCUT2D eigenvalue weighted by molar-refractivity contribution is 0.101. The van der Waals surface area contributed by atoms with Crippen LogP contribution in [0.5, 0.6) is 0 Å². The van der Waals surface area contributed by atoms with Crippen LogP contribution in [-0.4, -0.2) is 5.78 Å². The molecule has 0 spiro atoms. The van der Waals surface area contributed by atoms with Crippen LogP contribution in [0.15, 0.2) is 46.9 Å². The zero-order valence-corrected chi connectivity index (χ0v) is 11.5. The first-order valence-corrected chi connectivity index (χ1v) is 6.48. The first-order valence-electron chi connectivity index (χ1n) is 5.73. The van der Waals surface area contributed by atoms with E-state index in [0.29, 0.717) is 26.6 Å². The number of ketones is 1. The van der Waals surface area contributed by atoms with E-state index in [1.807, 2.05) is 0 Å². The smallest absolute Gasteiger partial charge is 0.228 e. The highest BCUT2D eigenvalue weighted by Crippen LogP contribution is 2.25. The van der Waals surface area contributed by atoms with Gasteiger partial charge in [-0.2, -0.15) is 0 Å². The first kappa shape index (κ1) is 13.2. The normalized spacial score (nSPS) is 10.9. The lowest BCUT2D eigenvalue weighted by atomic mass is 10.1. The number of hydrogen-bond donors (Lipinski definition) is 0. The van der Waals surface area contributed by atoms with Gasteiger partial charge in [-0.3, -0.25) is 4.79 Å². The van der Waals surface area contributed by atoms with Gasteiger partial charge in [0.2, 0.25) is 5.78 Å². The van der Waals surface area contributed by atoms with E-state index < -0.39 is 0 Å². The minimum Gasteiger partial charge on any atom is -0.453 e. The predicted molar refractivity (Wildman–Crippen MR) is 76.1 cm³/mol. The summed E-state index contributed by atoms with van der Waals surface area (Å²) in [5.41, 5.74) is 0.768. The van der Waals surface area contributed by atoms with Gasteiger partial charge in [-0.05, 0) is 42.5 Å². The number of carbonyl (C=O) groups excluding carboxylic acids is 1. The van der Waals surface area contributed by atoms with Crippen molar-refractivity contribution in [1.82, 2.24) is 0 Å². The molecule has 20 heavy (non-hydrogen) atoms. The van der Waals surface area contributed by atoms with Crippen LogP contribution in [0.1, 0.15) is 16.1 Å². The summed E-state index contributed by atoms with van der Waals surface area (Å²) < 4.78 is 18.5. The van der Waals surface area contributed by atoms with Gasteiger partial charge in [0.1, 0.15) is 11.4 Å². The van der Waals surface area contributed by atoms with Gasteiger partial charge < -0.3 is 4.42 Å². The molecule has 0 atom stereocenters. The summed E-state index contributed by atoms with van der Waals surface area (Å²) in [7, 11) is 0. The fraction of sp³-hybridized carbons (Fsp3) is 0. The Kier molecular flexibility index (Phi) is 3.24. The van der Waals surface area contributed by atoms with E-state index in [0.717, 1.165) is 0 Å². The number of hydrogen-bond acceptors (Lipinski definition) is 2. The van der Waals surface area contributed by atoms with Crippen LogP contribution in [0.2, 0.25) is 10.0 Å². The van der Waals surface area contributed by atoms with E-state index in [4.69, 9.17) is 27.6 Å². The molecule has 2 nitrogen and oxygen atoms in total. The molecule has 0 unspecified atom stereocenters. The fourth-order valence-electron chi connectivity index (χ4n) is 1.95. The van der Waals surface area contributed by atoms with E-state index >= 15 is 0 Å². The van der Waals surface area contributed by atoms with Crippen LogP contribution < -0.4 is 0 Å². The molecule has 0 aliphatic heterocycles. The predicted octanol–water partition coefficient (Wildman–Crippen LogP) is 5.11. The van der Waals surface area contributed by atoms with Crippen molar-refractivity contribution in [2.75, 3.05) is 0 Å². The van der Waals surface area contributed by atoms with Gasteiger partial charge in [-0.25, -0.2) is 4.39 Å². The van der Waals surface area contributed by atoms with Gasteiger partial charge in [-0.15, -0.1) is 0 Å². The van der Waals surface area contributed by atoms with E-state index in [-0.39, 0.29) is 17.4 Å². The van der Waals surface area contributed by atoms with Crippen molar-refractivity contribution in [3.63, 3.8) is 0 Å². The molecule has 0 bridgehead atoms. The second-order valence-corrected chi connectivity index (χ2v) is 5.15. The standard InChI is InChI=1S/C15H7Cl2FO2/c16-10-3-9(4-11(17)7-10)15(19)14-6-8-5-12(18)1-2-13(8)20-14/h1-7H. The summed E-state index contributed by atoms with van der Waals surface area (Å²) in [5.74, 6) is -0.627. The Morgan fingerprint density at radius 1 is 1.00 bits per heavy atom. The molecule has 1 aromatic heterocycles. The maximum absolute atomic E-state index is 13.1. The largest absolute Gasteiger partial charge is 0.453 e. The molecule has 3 rings (SSSR count). The number of furan rings is 1. The molecule has 1 heterocycles. The minimum absolute atomic E-state index is 0.115.